The fraction of sp³-hybridized carbons (Fsp3) is 0.200. The smallest absolute Gasteiger partial charge is 0.387 e. The van der Waals surface area contributed by atoms with Gasteiger partial charge in [-0.05, 0) is 47.4 Å². The van der Waals surface area contributed by atoms with Crippen LogP contribution in [0.3, 0.4) is 0 Å². The molecule has 7 heteroatoms. The number of anilines is 1. The summed E-state index contributed by atoms with van der Waals surface area (Å²) in [4.78, 5) is 0.301. The van der Waals surface area contributed by atoms with E-state index in [4.69, 9.17) is 12.2 Å². The number of para-hydroxylation sites is 1. The summed E-state index contributed by atoms with van der Waals surface area (Å²) in [6.07, 6.45) is 3.67. The molecule has 0 bridgehead atoms. The standard InChI is InChI=1S/C25H24F2N2O2S/c1-25(2,3)18-13-15-29(16-14-18)21(23(32)28-19-7-5-4-6-8-19)22(30)17-9-11-20(12-10-17)31-24(26)27/h4-16,24H,1-3H3,(H-,28,30,32)/p+1. The van der Waals surface area contributed by atoms with Crippen LogP contribution in [-0.4, -0.2) is 16.7 Å². The van der Waals surface area contributed by atoms with Crippen LogP contribution in [0.4, 0.5) is 14.5 Å². The number of aromatic nitrogens is 1. The number of rotatable bonds is 6. The van der Waals surface area contributed by atoms with Crippen LogP contribution >= 0.6 is 12.2 Å². The Hall–Kier alpha value is -3.32. The summed E-state index contributed by atoms with van der Waals surface area (Å²) in [5.74, 6) is -0.0965. The van der Waals surface area contributed by atoms with Crippen LogP contribution in [0.15, 0.2) is 79.1 Å². The number of halogens is 2. The van der Waals surface area contributed by atoms with Crippen molar-refractivity contribution in [2.75, 3.05) is 5.32 Å². The maximum absolute atomic E-state index is 12.4. The van der Waals surface area contributed by atoms with Crippen LogP contribution in [0.25, 0.3) is 11.5 Å². The number of aliphatic hydroxyl groups is 1. The predicted octanol–water partition coefficient (Wildman–Crippen LogP) is 6.20. The van der Waals surface area contributed by atoms with E-state index in [1.54, 1.807) is 4.57 Å². The van der Waals surface area contributed by atoms with E-state index in [2.05, 4.69) is 30.8 Å². The third-order valence-corrected chi connectivity index (χ3v) is 5.07. The molecule has 3 rings (SSSR count). The van der Waals surface area contributed by atoms with Gasteiger partial charge < -0.3 is 15.2 Å². The van der Waals surface area contributed by atoms with E-state index in [0.717, 1.165) is 11.3 Å². The van der Waals surface area contributed by atoms with Crippen molar-refractivity contribution in [2.45, 2.75) is 32.8 Å². The predicted molar refractivity (Wildman–Crippen MR) is 127 cm³/mol. The normalized spacial score (nSPS) is 12.3. The van der Waals surface area contributed by atoms with Gasteiger partial charge in [-0.25, -0.2) is 0 Å². The Balaban J connectivity index is 2.03. The summed E-state index contributed by atoms with van der Waals surface area (Å²) in [5, 5.41) is 14.3. The van der Waals surface area contributed by atoms with Gasteiger partial charge in [0.25, 0.3) is 5.70 Å². The highest BCUT2D eigenvalue weighted by molar-refractivity contribution is 7.81. The van der Waals surface area contributed by atoms with Gasteiger partial charge in [0.2, 0.25) is 0 Å². The van der Waals surface area contributed by atoms with Crippen LogP contribution in [0.1, 0.15) is 31.9 Å². The SMILES string of the molecule is CC(C)(C)c1cc[n+](/C(C(=S)Nc2ccccc2)=C(\O)c2ccc(OC(F)F)cc2)cc1. The lowest BCUT2D eigenvalue weighted by Gasteiger charge is -2.18. The molecule has 0 aliphatic rings. The molecule has 0 aliphatic carbocycles. The Kier molecular flexibility index (Phi) is 7.20. The fourth-order valence-electron chi connectivity index (χ4n) is 3.07. The second-order valence-corrected chi connectivity index (χ2v) is 8.57. The Morgan fingerprint density at radius 3 is 2.09 bits per heavy atom. The molecule has 0 fully saturated rings. The number of benzene rings is 2. The van der Waals surface area contributed by atoms with Crippen molar-refractivity contribution in [3.8, 4) is 5.75 Å². The Morgan fingerprint density at radius 2 is 1.56 bits per heavy atom. The third-order valence-electron chi connectivity index (χ3n) is 4.78. The molecule has 2 aromatic carbocycles. The van der Waals surface area contributed by atoms with E-state index in [1.165, 1.54) is 24.3 Å². The Bertz CT molecular complexity index is 1090. The van der Waals surface area contributed by atoms with Gasteiger partial charge in [0.05, 0.1) is 0 Å². The van der Waals surface area contributed by atoms with Gasteiger partial charge in [-0.2, -0.15) is 13.3 Å². The molecule has 0 spiro atoms. The molecule has 166 valence electrons. The monoisotopic (exact) mass is 455 g/mol. The van der Waals surface area contributed by atoms with Crippen molar-refractivity contribution in [3.63, 3.8) is 0 Å². The molecule has 2 N–H and O–H groups in total. The number of aliphatic hydroxyl groups excluding tert-OH is 1. The molecule has 0 saturated carbocycles. The van der Waals surface area contributed by atoms with E-state index >= 15 is 0 Å². The molecule has 0 aliphatic heterocycles. The van der Waals surface area contributed by atoms with E-state index in [0.29, 0.717) is 16.2 Å². The van der Waals surface area contributed by atoms with Gasteiger partial charge >= 0.3 is 6.61 Å². The molecule has 0 amide bonds. The largest absolute Gasteiger partial charge is 0.502 e. The number of alkyl halides is 2. The van der Waals surface area contributed by atoms with Gasteiger partial charge in [0.1, 0.15) is 5.75 Å². The molecule has 1 heterocycles. The number of pyridine rings is 1. The lowest BCUT2D eigenvalue weighted by molar-refractivity contribution is -0.575. The van der Waals surface area contributed by atoms with Gasteiger partial charge in [-0.1, -0.05) is 51.2 Å². The molecule has 0 unspecified atom stereocenters. The topological polar surface area (TPSA) is 45.4 Å². The number of thiocarbonyl (C=S) groups is 1. The number of nitrogens with zero attached hydrogens (tertiary/aromatic N) is 1. The van der Waals surface area contributed by atoms with Gasteiger partial charge in [0.15, 0.2) is 23.1 Å². The van der Waals surface area contributed by atoms with Crippen molar-refractivity contribution in [3.05, 3.63) is 90.3 Å². The average molecular weight is 456 g/mol. The Morgan fingerprint density at radius 1 is 0.969 bits per heavy atom. The molecule has 3 aromatic rings. The third kappa shape index (κ3) is 5.88. The minimum Gasteiger partial charge on any atom is -0.502 e. The maximum Gasteiger partial charge on any atom is 0.387 e. The van der Waals surface area contributed by atoms with Crippen LogP contribution < -0.4 is 14.6 Å². The van der Waals surface area contributed by atoms with Crippen molar-refractivity contribution in [1.29, 1.82) is 0 Å². The molecular weight excluding hydrogens is 430 g/mol. The lowest BCUT2D eigenvalue weighted by atomic mass is 9.88. The molecule has 0 radical (unpaired) electrons. The molecule has 32 heavy (non-hydrogen) atoms. The zero-order chi connectivity index (χ0) is 23.3. The summed E-state index contributed by atoms with van der Waals surface area (Å²) < 4.78 is 31.0. The molecule has 0 saturated heterocycles. The quantitative estimate of drug-likeness (QED) is 0.201. The number of ether oxygens (including phenoxy) is 1. The van der Waals surface area contributed by atoms with Crippen molar-refractivity contribution >= 4 is 34.3 Å². The van der Waals surface area contributed by atoms with Crippen LogP contribution in [0, 0.1) is 0 Å². The first-order valence-corrected chi connectivity index (χ1v) is 10.4. The van der Waals surface area contributed by atoms with E-state index in [-0.39, 0.29) is 16.9 Å². The minimum absolute atomic E-state index is 0.00488. The average Bonchev–Trinajstić information content (AvgIpc) is 2.74. The van der Waals surface area contributed by atoms with Crippen molar-refractivity contribution in [2.24, 2.45) is 0 Å². The second-order valence-electron chi connectivity index (χ2n) is 8.16. The van der Waals surface area contributed by atoms with Crippen LogP contribution in [0.5, 0.6) is 5.75 Å². The highest BCUT2D eigenvalue weighted by atomic mass is 32.1. The summed E-state index contributed by atoms with van der Waals surface area (Å²) in [7, 11) is 0. The van der Waals surface area contributed by atoms with Crippen molar-refractivity contribution < 1.29 is 23.2 Å². The Labute approximate surface area is 191 Å². The summed E-state index contributed by atoms with van der Waals surface area (Å²) in [5.41, 5.74) is 2.63. The zero-order valence-corrected chi connectivity index (χ0v) is 18.9. The molecule has 0 atom stereocenters. The first-order valence-electron chi connectivity index (χ1n) is 10.0. The highest BCUT2D eigenvalue weighted by Gasteiger charge is 2.25. The zero-order valence-electron chi connectivity index (χ0n) is 18.0. The van der Waals surface area contributed by atoms with E-state index < -0.39 is 6.61 Å². The van der Waals surface area contributed by atoms with Crippen molar-refractivity contribution in [1.82, 2.24) is 0 Å². The van der Waals surface area contributed by atoms with Crippen LogP contribution in [0.2, 0.25) is 0 Å². The van der Waals surface area contributed by atoms with E-state index in [9.17, 15) is 13.9 Å². The van der Waals surface area contributed by atoms with E-state index in [1.807, 2.05) is 54.9 Å². The lowest BCUT2D eigenvalue weighted by Crippen LogP contribution is -2.39. The summed E-state index contributed by atoms with van der Waals surface area (Å²) in [6.45, 7) is 3.43. The van der Waals surface area contributed by atoms with Gasteiger partial charge in [-0.3, -0.25) is 0 Å². The van der Waals surface area contributed by atoms with Gasteiger partial charge in [-0.15, -0.1) is 0 Å². The summed E-state index contributed by atoms with van der Waals surface area (Å²) in [6, 6.07) is 19.1. The highest BCUT2D eigenvalue weighted by Crippen LogP contribution is 2.24. The fourth-order valence-corrected chi connectivity index (χ4v) is 3.39. The molecular formula is C25H25F2N2O2S+. The minimum atomic E-state index is -2.92. The molecule has 4 nitrogen and oxygen atoms in total. The number of hydrogen-bond donors (Lipinski definition) is 2. The first kappa shape index (κ1) is 23.3. The number of nitrogens with one attached hydrogen (secondary N) is 1. The maximum atomic E-state index is 12.4. The number of hydrogen-bond acceptors (Lipinski definition) is 3. The van der Waals surface area contributed by atoms with Crippen LogP contribution in [-0.2, 0) is 5.41 Å². The first-order chi connectivity index (χ1) is 15.1. The van der Waals surface area contributed by atoms with Gasteiger partial charge in [0, 0.05) is 23.4 Å². The summed E-state index contributed by atoms with van der Waals surface area (Å²) >= 11 is 5.63. The second kappa shape index (κ2) is 9.87. The molecule has 1 aromatic heterocycles.